The Kier molecular flexibility index (Phi) is 8.61. The molecule has 0 fully saturated rings. The van der Waals surface area contributed by atoms with Gasteiger partial charge >= 0.3 is 12.3 Å². The van der Waals surface area contributed by atoms with Gasteiger partial charge in [0.2, 0.25) is 6.54 Å². The van der Waals surface area contributed by atoms with Gasteiger partial charge in [0.25, 0.3) is 0 Å². The summed E-state index contributed by atoms with van der Waals surface area (Å²) in [5.41, 5.74) is 0. The van der Waals surface area contributed by atoms with Gasteiger partial charge in [0.1, 0.15) is 0 Å². The number of ether oxygens (including phenoxy) is 1. The number of unbranched alkanes of at least 4 members (excludes halogenated alkanes) is 3. The lowest BCUT2D eigenvalue weighted by molar-refractivity contribution is -0.480. The van der Waals surface area contributed by atoms with Crippen LogP contribution in [-0.4, -0.2) is 37.0 Å². The van der Waals surface area contributed by atoms with Crippen molar-refractivity contribution in [2.24, 2.45) is 0 Å². The molecule has 0 rings (SSSR count). The average molecular weight is 275 g/mol. The molecule has 0 aliphatic carbocycles. The molecule has 0 N–H and O–H groups in total. The van der Waals surface area contributed by atoms with Crippen LogP contribution in [0.1, 0.15) is 32.1 Å². The third-order valence-corrected chi connectivity index (χ3v) is 2.28. The number of halogens is 4. The standard InChI is InChI=1S/C10H17F4NO3/c11-9(12)10(13,14)5-8-18-7-4-2-1-3-6-15(16)17/h9H,1-8H2. The second-order valence-electron chi connectivity index (χ2n) is 3.89. The second-order valence-corrected chi connectivity index (χ2v) is 3.89. The SMILES string of the molecule is O=[N+]([O-])CCCCCCOCCC(F)(F)C(F)F. The van der Waals surface area contributed by atoms with Crippen molar-refractivity contribution in [3.05, 3.63) is 10.1 Å². The minimum atomic E-state index is -3.99. The van der Waals surface area contributed by atoms with Gasteiger partial charge in [0.05, 0.1) is 6.61 Å². The Labute approximate surface area is 102 Å². The predicted molar refractivity (Wildman–Crippen MR) is 56.7 cm³/mol. The topological polar surface area (TPSA) is 52.4 Å². The van der Waals surface area contributed by atoms with Crippen molar-refractivity contribution in [3.63, 3.8) is 0 Å². The molecule has 8 heteroatoms. The predicted octanol–water partition coefficient (Wildman–Crippen LogP) is 3.13. The monoisotopic (exact) mass is 275 g/mol. The van der Waals surface area contributed by atoms with Crippen molar-refractivity contribution in [2.75, 3.05) is 19.8 Å². The first kappa shape index (κ1) is 17.1. The molecule has 0 saturated heterocycles. The Hall–Kier alpha value is -0.920. The molecule has 0 heterocycles. The van der Waals surface area contributed by atoms with E-state index in [0.717, 1.165) is 0 Å². The van der Waals surface area contributed by atoms with Crippen LogP contribution >= 0.6 is 0 Å². The lowest BCUT2D eigenvalue weighted by Gasteiger charge is -2.14. The van der Waals surface area contributed by atoms with E-state index in [0.29, 0.717) is 25.7 Å². The van der Waals surface area contributed by atoms with Gasteiger partial charge in [0, 0.05) is 24.4 Å². The van der Waals surface area contributed by atoms with Crippen LogP contribution in [0, 0.1) is 10.1 Å². The summed E-state index contributed by atoms with van der Waals surface area (Å²) >= 11 is 0. The number of alkyl halides is 4. The summed E-state index contributed by atoms with van der Waals surface area (Å²) in [5.74, 6) is -3.99. The minimum absolute atomic E-state index is 0.0819. The first-order chi connectivity index (χ1) is 8.36. The molecule has 108 valence electrons. The van der Waals surface area contributed by atoms with E-state index in [9.17, 15) is 27.7 Å². The van der Waals surface area contributed by atoms with E-state index < -0.39 is 30.3 Å². The van der Waals surface area contributed by atoms with E-state index in [1.165, 1.54) is 0 Å². The van der Waals surface area contributed by atoms with Crippen LogP contribution in [0.3, 0.4) is 0 Å². The maximum Gasteiger partial charge on any atom is 0.309 e. The van der Waals surface area contributed by atoms with Crippen molar-refractivity contribution in [3.8, 4) is 0 Å². The quantitative estimate of drug-likeness (QED) is 0.252. The number of rotatable bonds is 11. The van der Waals surface area contributed by atoms with E-state index in [-0.39, 0.29) is 13.2 Å². The fraction of sp³-hybridized carbons (Fsp3) is 1.00. The van der Waals surface area contributed by atoms with E-state index >= 15 is 0 Å². The Morgan fingerprint density at radius 2 is 1.72 bits per heavy atom. The van der Waals surface area contributed by atoms with Gasteiger partial charge in [-0.25, -0.2) is 17.6 Å². The largest absolute Gasteiger partial charge is 0.381 e. The lowest BCUT2D eigenvalue weighted by atomic mass is 10.2. The van der Waals surface area contributed by atoms with E-state index in [1.807, 2.05) is 0 Å². The van der Waals surface area contributed by atoms with Crippen molar-refractivity contribution in [1.29, 1.82) is 0 Å². The van der Waals surface area contributed by atoms with E-state index in [4.69, 9.17) is 4.74 Å². The summed E-state index contributed by atoms with van der Waals surface area (Å²) < 4.78 is 53.1. The molecular weight excluding hydrogens is 258 g/mol. The van der Waals surface area contributed by atoms with Gasteiger partial charge in [-0.2, -0.15) is 0 Å². The van der Waals surface area contributed by atoms with Crippen LogP contribution in [0.5, 0.6) is 0 Å². The highest BCUT2D eigenvalue weighted by atomic mass is 19.3. The summed E-state index contributed by atoms with van der Waals surface area (Å²) in [6.07, 6.45) is -2.25. The smallest absolute Gasteiger partial charge is 0.309 e. The Bertz CT molecular complexity index is 239. The molecular formula is C10H17F4NO3. The van der Waals surface area contributed by atoms with Crippen molar-refractivity contribution < 1.29 is 27.2 Å². The van der Waals surface area contributed by atoms with Gasteiger partial charge < -0.3 is 4.74 Å². The summed E-state index contributed by atoms with van der Waals surface area (Å²) in [7, 11) is 0. The van der Waals surface area contributed by atoms with Crippen molar-refractivity contribution in [2.45, 2.75) is 44.5 Å². The number of nitro groups is 1. The zero-order valence-electron chi connectivity index (χ0n) is 9.92. The maximum absolute atomic E-state index is 12.4. The normalized spacial score (nSPS) is 12.1. The molecule has 0 radical (unpaired) electrons. The highest BCUT2D eigenvalue weighted by molar-refractivity contribution is 4.68. The van der Waals surface area contributed by atoms with Gasteiger partial charge in [-0.15, -0.1) is 0 Å². The molecule has 0 aliphatic heterocycles. The Balaban J connectivity index is 3.29. The van der Waals surface area contributed by atoms with Gasteiger partial charge in [-0.05, 0) is 12.8 Å². The Morgan fingerprint density at radius 1 is 1.11 bits per heavy atom. The van der Waals surface area contributed by atoms with Gasteiger partial charge in [0.15, 0.2) is 0 Å². The van der Waals surface area contributed by atoms with E-state index in [2.05, 4.69) is 0 Å². The van der Waals surface area contributed by atoms with Crippen LogP contribution in [0.4, 0.5) is 17.6 Å². The van der Waals surface area contributed by atoms with Crippen molar-refractivity contribution in [1.82, 2.24) is 0 Å². The molecule has 0 aliphatic rings. The Morgan fingerprint density at radius 3 is 2.28 bits per heavy atom. The average Bonchev–Trinajstić information content (AvgIpc) is 2.26. The first-order valence-electron chi connectivity index (χ1n) is 5.72. The zero-order valence-corrected chi connectivity index (χ0v) is 9.92. The highest BCUT2D eigenvalue weighted by Gasteiger charge is 2.39. The highest BCUT2D eigenvalue weighted by Crippen LogP contribution is 2.26. The van der Waals surface area contributed by atoms with E-state index in [1.54, 1.807) is 0 Å². The molecule has 4 nitrogen and oxygen atoms in total. The fourth-order valence-electron chi connectivity index (χ4n) is 1.22. The number of hydrogen-bond acceptors (Lipinski definition) is 3. The lowest BCUT2D eigenvalue weighted by Crippen LogP contribution is -2.28. The number of nitrogens with zero attached hydrogens (tertiary/aromatic N) is 1. The molecule has 0 atom stereocenters. The first-order valence-corrected chi connectivity index (χ1v) is 5.72. The fourth-order valence-corrected chi connectivity index (χ4v) is 1.22. The molecule has 0 spiro atoms. The molecule has 0 amide bonds. The molecule has 0 saturated carbocycles. The van der Waals surface area contributed by atoms with Gasteiger partial charge in [-0.3, -0.25) is 10.1 Å². The van der Waals surface area contributed by atoms with Crippen LogP contribution in [0.2, 0.25) is 0 Å². The summed E-state index contributed by atoms with van der Waals surface area (Å²) in [4.78, 5) is 9.57. The van der Waals surface area contributed by atoms with Crippen LogP contribution in [0.15, 0.2) is 0 Å². The molecule has 0 unspecified atom stereocenters. The molecule has 0 aromatic carbocycles. The number of hydrogen-bond donors (Lipinski definition) is 0. The molecule has 0 aromatic rings. The summed E-state index contributed by atoms with van der Waals surface area (Å²) in [6, 6.07) is 0. The van der Waals surface area contributed by atoms with Crippen molar-refractivity contribution >= 4 is 0 Å². The van der Waals surface area contributed by atoms with Gasteiger partial charge in [-0.1, -0.05) is 6.42 Å². The second kappa shape index (κ2) is 9.07. The maximum atomic E-state index is 12.4. The zero-order chi connectivity index (χ0) is 14.0. The minimum Gasteiger partial charge on any atom is -0.381 e. The summed E-state index contributed by atoms with van der Waals surface area (Å²) in [6.45, 7) is -0.286. The third-order valence-electron chi connectivity index (χ3n) is 2.28. The van der Waals surface area contributed by atoms with Crippen LogP contribution in [0.25, 0.3) is 0 Å². The molecule has 18 heavy (non-hydrogen) atoms. The summed E-state index contributed by atoms with van der Waals surface area (Å²) in [5, 5.41) is 9.97. The molecule has 0 aromatic heterocycles. The molecule has 0 bridgehead atoms. The third kappa shape index (κ3) is 9.15. The van der Waals surface area contributed by atoms with Crippen LogP contribution < -0.4 is 0 Å². The van der Waals surface area contributed by atoms with Crippen LogP contribution in [-0.2, 0) is 4.74 Å².